The van der Waals surface area contributed by atoms with Crippen molar-refractivity contribution in [2.24, 2.45) is 0 Å². The number of halogens is 1. The van der Waals surface area contributed by atoms with Gasteiger partial charge in [0.25, 0.3) is 0 Å². The Morgan fingerprint density at radius 1 is 1.35 bits per heavy atom. The molecule has 5 heteroatoms. The second-order valence-corrected chi connectivity index (χ2v) is 4.65. The maximum absolute atomic E-state index is 9.15. The van der Waals surface area contributed by atoms with Crippen LogP contribution in [0.25, 0.3) is 0 Å². The molecule has 0 aliphatic heterocycles. The van der Waals surface area contributed by atoms with E-state index in [2.05, 4.69) is 21.2 Å². The van der Waals surface area contributed by atoms with Crippen LogP contribution in [-0.2, 0) is 6.54 Å². The fourth-order valence-electron chi connectivity index (χ4n) is 1.50. The molecule has 0 amide bonds. The highest BCUT2D eigenvalue weighted by atomic mass is 79.9. The molecule has 0 saturated carbocycles. The van der Waals surface area contributed by atoms with Crippen LogP contribution in [0.5, 0.6) is 11.5 Å². The van der Waals surface area contributed by atoms with E-state index < -0.39 is 0 Å². The van der Waals surface area contributed by atoms with Crippen molar-refractivity contribution in [3.63, 3.8) is 0 Å². The molecule has 0 radical (unpaired) electrons. The van der Waals surface area contributed by atoms with E-state index in [1.165, 1.54) is 0 Å². The molecular formula is C12H18BrNO3. The molecule has 0 bridgehead atoms. The number of nitrogens with one attached hydrogen (secondary N) is 1. The minimum atomic E-state index is -0.349. The summed E-state index contributed by atoms with van der Waals surface area (Å²) < 4.78 is 11.3. The molecular weight excluding hydrogens is 286 g/mol. The third-order valence-corrected chi connectivity index (χ3v) is 2.85. The molecule has 0 aromatic heterocycles. The molecule has 1 atom stereocenters. The molecule has 0 fully saturated rings. The monoisotopic (exact) mass is 303 g/mol. The molecule has 1 aromatic rings. The van der Waals surface area contributed by atoms with Gasteiger partial charge >= 0.3 is 0 Å². The number of ether oxygens (including phenoxy) is 2. The summed E-state index contributed by atoms with van der Waals surface area (Å²) in [4.78, 5) is 0. The molecule has 2 N–H and O–H groups in total. The predicted molar refractivity (Wildman–Crippen MR) is 70.6 cm³/mol. The second kappa shape index (κ2) is 6.83. The highest BCUT2D eigenvalue weighted by Crippen LogP contribution is 2.36. The normalized spacial score (nSPS) is 12.3. The summed E-state index contributed by atoms with van der Waals surface area (Å²) in [5.74, 6) is 1.38. The topological polar surface area (TPSA) is 50.7 Å². The van der Waals surface area contributed by atoms with Crippen molar-refractivity contribution in [2.45, 2.75) is 19.6 Å². The number of rotatable bonds is 6. The van der Waals surface area contributed by atoms with Crippen molar-refractivity contribution in [1.29, 1.82) is 0 Å². The Hall–Kier alpha value is -0.780. The quantitative estimate of drug-likeness (QED) is 0.843. The van der Waals surface area contributed by atoms with Crippen LogP contribution in [0.1, 0.15) is 12.5 Å². The molecule has 0 aliphatic rings. The summed E-state index contributed by atoms with van der Waals surface area (Å²) in [6, 6.07) is 3.88. The van der Waals surface area contributed by atoms with Crippen LogP contribution in [0.2, 0.25) is 0 Å². The summed E-state index contributed by atoms with van der Waals surface area (Å²) >= 11 is 3.44. The van der Waals surface area contributed by atoms with Gasteiger partial charge in [-0.2, -0.15) is 0 Å². The first-order valence-electron chi connectivity index (χ1n) is 5.37. The first-order valence-corrected chi connectivity index (χ1v) is 6.17. The number of methoxy groups -OCH3 is 2. The maximum atomic E-state index is 9.15. The van der Waals surface area contributed by atoms with Gasteiger partial charge in [-0.05, 0) is 40.5 Å². The average Bonchev–Trinajstić information content (AvgIpc) is 2.27. The lowest BCUT2D eigenvalue weighted by atomic mass is 10.2. The second-order valence-electron chi connectivity index (χ2n) is 3.79. The number of hydrogen-bond acceptors (Lipinski definition) is 4. The van der Waals surface area contributed by atoms with Crippen LogP contribution in [0, 0.1) is 0 Å². The van der Waals surface area contributed by atoms with Gasteiger partial charge in [-0.25, -0.2) is 0 Å². The third-order valence-electron chi connectivity index (χ3n) is 2.26. The minimum Gasteiger partial charge on any atom is -0.493 e. The Morgan fingerprint density at radius 2 is 2.06 bits per heavy atom. The lowest BCUT2D eigenvalue weighted by Crippen LogP contribution is -2.23. The van der Waals surface area contributed by atoms with Crippen molar-refractivity contribution in [3.8, 4) is 11.5 Å². The van der Waals surface area contributed by atoms with Gasteiger partial charge in [-0.1, -0.05) is 0 Å². The van der Waals surface area contributed by atoms with Gasteiger partial charge in [-0.15, -0.1) is 0 Å². The van der Waals surface area contributed by atoms with Crippen molar-refractivity contribution < 1.29 is 14.6 Å². The van der Waals surface area contributed by atoms with Crippen molar-refractivity contribution in [1.82, 2.24) is 5.32 Å². The molecule has 0 heterocycles. The highest BCUT2D eigenvalue weighted by Gasteiger charge is 2.10. The van der Waals surface area contributed by atoms with Gasteiger partial charge in [0, 0.05) is 13.1 Å². The molecule has 4 nitrogen and oxygen atoms in total. The van der Waals surface area contributed by atoms with Crippen LogP contribution in [0.3, 0.4) is 0 Å². The molecule has 96 valence electrons. The van der Waals surface area contributed by atoms with Crippen LogP contribution in [0.4, 0.5) is 0 Å². The fraction of sp³-hybridized carbons (Fsp3) is 0.500. The van der Waals surface area contributed by atoms with E-state index in [0.29, 0.717) is 24.6 Å². The van der Waals surface area contributed by atoms with Crippen molar-refractivity contribution >= 4 is 15.9 Å². The summed E-state index contributed by atoms with van der Waals surface area (Å²) in [6.45, 7) is 2.98. The SMILES string of the molecule is COc1cc(CNC[C@H](C)O)cc(Br)c1OC. The van der Waals surface area contributed by atoms with Gasteiger partial charge < -0.3 is 19.9 Å². The highest BCUT2D eigenvalue weighted by molar-refractivity contribution is 9.10. The molecule has 0 aliphatic carbocycles. The van der Waals surface area contributed by atoms with E-state index >= 15 is 0 Å². The Kier molecular flexibility index (Phi) is 5.74. The number of aliphatic hydroxyl groups excluding tert-OH is 1. The largest absolute Gasteiger partial charge is 0.493 e. The van der Waals surface area contributed by atoms with E-state index in [0.717, 1.165) is 10.0 Å². The lowest BCUT2D eigenvalue weighted by Gasteiger charge is -2.13. The Bertz CT molecular complexity index is 369. The number of hydrogen-bond donors (Lipinski definition) is 2. The Balaban J connectivity index is 2.77. The zero-order valence-corrected chi connectivity index (χ0v) is 11.9. The first kappa shape index (κ1) is 14.3. The van der Waals surface area contributed by atoms with E-state index in [1.807, 2.05) is 12.1 Å². The molecule has 0 spiro atoms. The van der Waals surface area contributed by atoms with Crippen molar-refractivity contribution in [3.05, 3.63) is 22.2 Å². The fourth-order valence-corrected chi connectivity index (χ4v) is 2.15. The van der Waals surface area contributed by atoms with Crippen molar-refractivity contribution in [2.75, 3.05) is 20.8 Å². The van der Waals surface area contributed by atoms with E-state index in [9.17, 15) is 0 Å². The molecule has 17 heavy (non-hydrogen) atoms. The maximum Gasteiger partial charge on any atom is 0.174 e. The summed E-state index contributed by atoms with van der Waals surface area (Å²) in [7, 11) is 3.21. The summed E-state index contributed by atoms with van der Waals surface area (Å²) in [5, 5.41) is 12.3. The lowest BCUT2D eigenvalue weighted by molar-refractivity contribution is 0.191. The van der Waals surface area contributed by atoms with Crippen LogP contribution in [0.15, 0.2) is 16.6 Å². The Morgan fingerprint density at radius 3 is 2.59 bits per heavy atom. The van der Waals surface area contributed by atoms with Gasteiger partial charge in [-0.3, -0.25) is 0 Å². The zero-order valence-electron chi connectivity index (χ0n) is 10.3. The number of aliphatic hydroxyl groups is 1. The van der Waals surface area contributed by atoms with Gasteiger partial charge in [0.2, 0.25) is 0 Å². The third kappa shape index (κ3) is 4.18. The molecule has 1 aromatic carbocycles. The van der Waals surface area contributed by atoms with Gasteiger partial charge in [0.05, 0.1) is 24.8 Å². The van der Waals surface area contributed by atoms with E-state index in [1.54, 1.807) is 21.1 Å². The summed E-state index contributed by atoms with van der Waals surface area (Å²) in [5.41, 5.74) is 1.06. The zero-order chi connectivity index (χ0) is 12.8. The standard InChI is InChI=1S/C12H18BrNO3/c1-8(15)6-14-7-9-4-10(13)12(17-3)11(5-9)16-2/h4-5,8,14-15H,6-7H2,1-3H3/t8-/m0/s1. The summed E-state index contributed by atoms with van der Waals surface area (Å²) in [6.07, 6.45) is -0.349. The molecule has 0 unspecified atom stereocenters. The Labute approximate surface area is 110 Å². The van der Waals surface area contributed by atoms with Crippen LogP contribution in [-0.4, -0.2) is 32.0 Å². The van der Waals surface area contributed by atoms with Crippen LogP contribution >= 0.6 is 15.9 Å². The molecule has 1 rings (SSSR count). The average molecular weight is 304 g/mol. The minimum absolute atomic E-state index is 0.349. The first-order chi connectivity index (χ1) is 8.08. The number of benzene rings is 1. The predicted octanol–water partition coefficient (Wildman–Crippen LogP) is 1.94. The molecule has 0 saturated heterocycles. The van der Waals surface area contributed by atoms with E-state index in [-0.39, 0.29) is 6.10 Å². The van der Waals surface area contributed by atoms with Gasteiger partial charge in [0.1, 0.15) is 0 Å². The van der Waals surface area contributed by atoms with Crippen LogP contribution < -0.4 is 14.8 Å². The smallest absolute Gasteiger partial charge is 0.174 e. The van der Waals surface area contributed by atoms with E-state index in [4.69, 9.17) is 14.6 Å². The van der Waals surface area contributed by atoms with Gasteiger partial charge in [0.15, 0.2) is 11.5 Å².